The standard InChI is InChI=1S/C31H34N3O8P/c1-21(36)32-28(18-23-12-15-29(26(17-23)20-35)42-43(39,40)41)30(37)33-27-9-5-6-16-34(31(27)38)19-22-10-13-25(14-11-22)24-7-3-2-4-8-24/h2-4,7-8,10-15,17,20,27-28H,5-6,9,16,18-19H2,1H3,(H,32,36)(H,33,37)(H2,39,40,41)/t27-,28-/m0/s1. The molecule has 3 aromatic rings. The molecule has 12 heteroatoms. The van der Waals surface area contributed by atoms with Gasteiger partial charge in [0.25, 0.3) is 0 Å². The summed E-state index contributed by atoms with van der Waals surface area (Å²) in [5, 5.41) is 5.40. The van der Waals surface area contributed by atoms with Crippen molar-refractivity contribution >= 4 is 31.8 Å². The summed E-state index contributed by atoms with van der Waals surface area (Å²) in [6, 6.07) is 20.1. The van der Waals surface area contributed by atoms with E-state index in [9.17, 15) is 23.7 Å². The number of carbonyl (C=O) groups excluding carboxylic acids is 4. The van der Waals surface area contributed by atoms with Gasteiger partial charge in [0.05, 0.1) is 5.56 Å². The van der Waals surface area contributed by atoms with Crippen LogP contribution in [0.5, 0.6) is 5.75 Å². The van der Waals surface area contributed by atoms with Gasteiger partial charge < -0.3 is 20.1 Å². The van der Waals surface area contributed by atoms with Gasteiger partial charge in [-0.15, -0.1) is 0 Å². The van der Waals surface area contributed by atoms with Crippen LogP contribution in [-0.4, -0.2) is 57.3 Å². The van der Waals surface area contributed by atoms with Crippen LogP contribution in [0.2, 0.25) is 0 Å². The molecule has 1 aliphatic heterocycles. The number of hydrogen-bond donors (Lipinski definition) is 4. The van der Waals surface area contributed by atoms with Gasteiger partial charge in [0.1, 0.15) is 17.8 Å². The highest BCUT2D eigenvalue weighted by atomic mass is 31.2. The van der Waals surface area contributed by atoms with Gasteiger partial charge in [0.2, 0.25) is 17.7 Å². The number of hydrogen-bond acceptors (Lipinski definition) is 6. The van der Waals surface area contributed by atoms with Gasteiger partial charge in [-0.25, -0.2) is 4.57 Å². The Kier molecular flexibility index (Phi) is 10.5. The summed E-state index contributed by atoms with van der Waals surface area (Å²) in [4.78, 5) is 70.2. The Balaban J connectivity index is 1.44. The lowest BCUT2D eigenvalue weighted by atomic mass is 10.0. The molecule has 0 bridgehead atoms. The van der Waals surface area contributed by atoms with E-state index in [1.54, 1.807) is 4.90 Å². The van der Waals surface area contributed by atoms with E-state index in [0.717, 1.165) is 29.5 Å². The van der Waals surface area contributed by atoms with E-state index in [4.69, 9.17) is 9.79 Å². The summed E-state index contributed by atoms with van der Waals surface area (Å²) in [5.74, 6) is -1.55. The highest BCUT2D eigenvalue weighted by Gasteiger charge is 2.31. The first-order valence-electron chi connectivity index (χ1n) is 13.9. The summed E-state index contributed by atoms with van der Waals surface area (Å²) in [7, 11) is -4.89. The number of aldehydes is 1. The van der Waals surface area contributed by atoms with E-state index in [1.165, 1.54) is 25.1 Å². The number of amides is 3. The third-order valence-corrected chi connectivity index (χ3v) is 7.52. The number of nitrogens with one attached hydrogen (secondary N) is 2. The Bertz CT molecular complexity index is 1510. The molecule has 0 saturated carbocycles. The molecular formula is C31H34N3O8P. The second-order valence-electron chi connectivity index (χ2n) is 10.4. The molecule has 11 nitrogen and oxygen atoms in total. The van der Waals surface area contributed by atoms with Crippen LogP contribution in [0.3, 0.4) is 0 Å². The normalized spacial score (nSPS) is 16.1. The van der Waals surface area contributed by atoms with Crippen molar-refractivity contribution in [1.82, 2.24) is 15.5 Å². The van der Waals surface area contributed by atoms with Gasteiger partial charge in [-0.1, -0.05) is 60.7 Å². The van der Waals surface area contributed by atoms with E-state index in [-0.39, 0.29) is 23.6 Å². The fraction of sp³-hybridized carbons (Fsp3) is 0.290. The third-order valence-electron chi connectivity index (χ3n) is 7.08. The third kappa shape index (κ3) is 9.09. The van der Waals surface area contributed by atoms with Crippen LogP contribution < -0.4 is 15.2 Å². The minimum absolute atomic E-state index is 0.0408. The predicted molar refractivity (Wildman–Crippen MR) is 159 cm³/mol. The molecule has 2 atom stereocenters. The Hall–Kier alpha value is -4.31. The van der Waals surface area contributed by atoms with E-state index >= 15 is 0 Å². The van der Waals surface area contributed by atoms with Gasteiger partial charge in [-0.3, -0.25) is 29.0 Å². The van der Waals surface area contributed by atoms with Crippen LogP contribution in [0.25, 0.3) is 11.1 Å². The van der Waals surface area contributed by atoms with Crippen molar-refractivity contribution < 1.29 is 38.1 Å². The molecule has 0 radical (unpaired) electrons. The fourth-order valence-corrected chi connectivity index (χ4v) is 5.46. The van der Waals surface area contributed by atoms with E-state index in [2.05, 4.69) is 15.2 Å². The Labute approximate surface area is 249 Å². The van der Waals surface area contributed by atoms with Crippen LogP contribution in [0.1, 0.15) is 47.7 Å². The minimum atomic E-state index is -4.89. The predicted octanol–water partition coefficient (Wildman–Crippen LogP) is 3.38. The van der Waals surface area contributed by atoms with Crippen molar-refractivity contribution in [3.63, 3.8) is 0 Å². The van der Waals surface area contributed by atoms with Crippen LogP contribution >= 0.6 is 7.82 Å². The van der Waals surface area contributed by atoms with Crippen molar-refractivity contribution in [2.24, 2.45) is 0 Å². The number of benzene rings is 3. The number of likely N-dealkylation sites (tertiary alicyclic amines) is 1. The zero-order valence-corrected chi connectivity index (χ0v) is 24.5. The van der Waals surface area contributed by atoms with Crippen LogP contribution in [0, 0.1) is 0 Å². The molecule has 0 aliphatic carbocycles. The molecule has 4 N–H and O–H groups in total. The van der Waals surface area contributed by atoms with Crippen LogP contribution in [0.15, 0.2) is 72.8 Å². The average molecular weight is 608 g/mol. The molecule has 3 aromatic carbocycles. The zero-order chi connectivity index (χ0) is 31.0. The molecule has 0 spiro atoms. The highest BCUT2D eigenvalue weighted by Crippen LogP contribution is 2.39. The lowest BCUT2D eigenvalue weighted by Crippen LogP contribution is -2.54. The van der Waals surface area contributed by atoms with Gasteiger partial charge in [0, 0.05) is 26.4 Å². The van der Waals surface area contributed by atoms with E-state index in [0.29, 0.717) is 31.4 Å². The number of phosphoric acid groups is 1. The topological polar surface area (TPSA) is 162 Å². The van der Waals surface area contributed by atoms with Gasteiger partial charge in [-0.2, -0.15) is 0 Å². The molecular weight excluding hydrogens is 573 g/mol. The molecule has 1 fully saturated rings. The largest absolute Gasteiger partial charge is 0.524 e. The first-order chi connectivity index (χ1) is 20.5. The second-order valence-corrected chi connectivity index (χ2v) is 11.6. The molecule has 4 rings (SSSR count). The quantitative estimate of drug-likeness (QED) is 0.191. The summed E-state index contributed by atoms with van der Waals surface area (Å²) < 4.78 is 15.7. The highest BCUT2D eigenvalue weighted by molar-refractivity contribution is 7.46. The molecule has 1 saturated heterocycles. The first kappa shape index (κ1) is 31.6. The first-order valence-corrected chi connectivity index (χ1v) is 15.4. The van der Waals surface area contributed by atoms with Gasteiger partial charge >= 0.3 is 7.82 Å². The molecule has 0 unspecified atom stereocenters. The molecule has 3 amide bonds. The van der Waals surface area contributed by atoms with Crippen molar-refractivity contribution in [1.29, 1.82) is 0 Å². The molecule has 1 aliphatic rings. The molecule has 43 heavy (non-hydrogen) atoms. The van der Waals surface area contributed by atoms with Gasteiger partial charge in [-0.05, 0) is 53.6 Å². The van der Waals surface area contributed by atoms with Gasteiger partial charge in [0.15, 0.2) is 6.29 Å². The number of carbonyl (C=O) groups is 4. The van der Waals surface area contributed by atoms with E-state index in [1.807, 2.05) is 54.6 Å². The van der Waals surface area contributed by atoms with Crippen molar-refractivity contribution in [2.75, 3.05) is 6.54 Å². The number of phosphoric ester groups is 1. The maximum absolute atomic E-state index is 13.5. The van der Waals surface area contributed by atoms with Crippen molar-refractivity contribution in [3.8, 4) is 16.9 Å². The smallest absolute Gasteiger partial charge is 0.403 e. The number of nitrogens with zero attached hydrogens (tertiary/aromatic N) is 1. The maximum atomic E-state index is 13.5. The summed E-state index contributed by atoms with van der Waals surface area (Å²) in [6.07, 6.45) is 2.29. The van der Waals surface area contributed by atoms with Crippen LogP contribution in [-0.2, 0) is 31.9 Å². The number of rotatable bonds is 11. The van der Waals surface area contributed by atoms with Crippen molar-refractivity contribution in [2.45, 2.75) is 51.2 Å². The van der Waals surface area contributed by atoms with Crippen molar-refractivity contribution in [3.05, 3.63) is 89.5 Å². The lowest BCUT2D eigenvalue weighted by molar-refractivity contribution is -0.137. The zero-order valence-electron chi connectivity index (χ0n) is 23.6. The SMILES string of the molecule is CC(=O)N[C@@H](Cc1ccc(OP(=O)(O)O)c(C=O)c1)C(=O)N[C@H]1CCCCN(Cc2ccc(-c3ccccc3)cc2)C1=O. The Morgan fingerprint density at radius 1 is 1.02 bits per heavy atom. The lowest BCUT2D eigenvalue weighted by Gasteiger charge is -2.27. The minimum Gasteiger partial charge on any atom is -0.403 e. The molecule has 1 heterocycles. The Morgan fingerprint density at radius 3 is 2.35 bits per heavy atom. The monoisotopic (exact) mass is 607 g/mol. The molecule has 226 valence electrons. The fourth-order valence-electron chi connectivity index (χ4n) is 5.04. The maximum Gasteiger partial charge on any atom is 0.524 e. The van der Waals surface area contributed by atoms with E-state index < -0.39 is 31.7 Å². The summed E-state index contributed by atoms with van der Waals surface area (Å²) in [6.45, 7) is 2.21. The second kappa shape index (κ2) is 14.2. The van der Waals surface area contributed by atoms with Crippen LogP contribution in [0.4, 0.5) is 0 Å². The Morgan fingerprint density at radius 2 is 1.70 bits per heavy atom. The summed E-state index contributed by atoms with van der Waals surface area (Å²) >= 11 is 0. The average Bonchev–Trinajstić information content (AvgIpc) is 3.14. The summed E-state index contributed by atoms with van der Waals surface area (Å²) in [5.41, 5.74) is 3.44. The molecule has 0 aromatic heterocycles.